The lowest BCUT2D eigenvalue weighted by Crippen LogP contribution is -2.41. The molecule has 0 radical (unpaired) electrons. The number of nitrogens with zero attached hydrogens (tertiary/aromatic N) is 2. The van der Waals surface area contributed by atoms with Gasteiger partial charge in [0.25, 0.3) is 0 Å². The molecule has 2 heterocycles. The van der Waals surface area contributed by atoms with Gasteiger partial charge < -0.3 is 0 Å². The van der Waals surface area contributed by atoms with E-state index in [1.807, 2.05) is 0 Å². The third kappa shape index (κ3) is 4.89. The predicted octanol–water partition coefficient (Wildman–Crippen LogP) is 2.83. The largest absolute Gasteiger partial charge is 0.298 e. The summed E-state index contributed by atoms with van der Waals surface area (Å²) < 4.78 is 13.4. The Balaban J connectivity index is 0.000000200. The van der Waals surface area contributed by atoms with Crippen LogP contribution in [0, 0.1) is 16.6 Å². The maximum Gasteiger partial charge on any atom is 0.139 e. The summed E-state index contributed by atoms with van der Waals surface area (Å²) in [4.78, 5) is 2.60. The second kappa shape index (κ2) is 7.94. The first-order chi connectivity index (χ1) is 9.45. The van der Waals surface area contributed by atoms with Crippen molar-refractivity contribution in [3.05, 3.63) is 29.6 Å². The van der Waals surface area contributed by atoms with Crippen molar-refractivity contribution in [2.24, 2.45) is 0 Å². The molecule has 2 N–H and O–H groups in total. The normalized spacial score (nSPS) is 19.4. The molecule has 0 spiro atoms. The van der Waals surface area contributed by atoms with Crippen LogP contribution in [0.5, 0.6) is 0 Å². The van der Waals surface area contributed by atoms with Crippen LogP contribution in [-0.4, -0.2) is 34.4 Å². The van der Waals surface area contributed by atoms with Crippen LogP contribution in [0.15, 0.2) is 18.3 Å². The molecule has 1 atom stereocenters. The van der Waals surface area contributed by atoms with Crippen LogP contribution in [0.25, 0.3) is 0 Å². The van der Waals surface area contributed by atoms with Crippen LogP contribution in [-0.2, 0) is 0 Å². The van der Waals surface area contributed by atoms with E-state index in [4.69, 9.17) is 10.8 Å². The minimum Gasteiger partial charge on any atom is -0.298 e. The molecule has 1 aromatic heterocycles. The lowest BCUT2D eigenvalue weighted by atomic mass is 10.0. The molecular weight excluding hydrogens is 255 g/mol. The Bertz CT molecular complexity index is 481. The van der Waals surface area contributed by atoms with E-state index in [1.165, 1.54) is 37.9 Å². The van der Waals surface area contributed by atoms with E-state index < -0.39 is 5.82 Å². The summed E-state index contributed by atoms with van der Waals surface area (Å²) >= 11 is 0. The minimum atomic E-state index is -0.445. The molecule has 0 saturated carbocycles. The van der Waals surface area contributed by atoms with Crippen molar-refractivity contribution in [2.75, 3.05) is 6.54 Å². The number of nitrogens with one attached hydrogen (secondary N) is 2. The molecule has 1 aromatic rings. The molecule has 0 amide bonds. The number of piperidine rings is 1. The molecule has 0 unspecified atom stereocenters. The number of halogens is 1. The lowest BCUT2D eigenvalue weighted by molar-refractivity contribution is 0.123. The average Bonchev–Trinajstić information content (AvgIpc) is 2.42. The van der Waals surface area contributed by atoms with Gasteiger partial charge in [-0.15, -0.1) is 0 Å². The molecule has 4 nitrogen and oxygen atoms in total. The first-order valence-corrected chi connectivity index (χ1v) is 7.14. The van der Waals surface area contributed by atoms with Crippen LogP contribution in [0.2, 0.25) is 0 Å². The maximum atomic E-state index is 12.3. The minimum absolute atomic E-state index is 0.0939. The number of aromatic nitrogens is 1. The van der Waals surface area contributed by atoms with E-state index in [2.05, 4.69) is 25.7 Å². The van der Waals surface area contributed by atoms with Crippen molar-refractivity contribution in [3.63, 3.8) is 0 Å². The molecular formula is C15H25FN4. The van der Waals surface area contributed by atoms with Crippen molar-refractivity contribution < 1.29 is 4.39 Å². The SMILES string of the molecule is CC(C)N1CCCC[C@H]1C.N=Cn1cc(F)ccc1=N. The van der Waals surface area contributed by atoms with E-state index in [-0.39, 0.29) is 5.49 Å². The Kier molecular flexibility index (Phi) is 6.58. The monoisotopic (exact) mass is 280 g/mol. The molecule has 0 aliphatic carbocycles. The Morgan fingerprint density at radius 2 is 2.05 bits per heavy atom. The summed E-state index contributed by atoms with van der Waals surface area (Å²) in [7, 11) is 0. The van der Waals surface area contributed by atoms with Crippen molar-refractivity contribution in [2.45, 2.75) is 52.1 Å². The summed E-state index contributed by atoms with van der Waals surface area (Å²) in [5.41, 5.74) is 0.0939. The second-order valence-corrected chi connectivity index (χ2v) is 5.45. The Labute approximate surface area is 120 Å². The fourth-order valence-corrected chi connectivity index (χ4v) is 2.48. The topological polar surface area (TPSA) is 55.9 Å². The number of hydrogen-bond donors (Lipinski definition) is 2. The first-order valence-electron chi connectivity index (χ1n) is 7.14. The summed E-state index contributed by atoms with van der Waals surface area (Å²) in [5, 5.41) is 13.8. The van der Waals surface area contributed by atoms with Gasteiger partial charge in [-0.3, -0.25) is 20.3 Å². The summed E-state index contributed by atoms with van der Waals surface area (Å²) in [6, 6.07) is 4.05. The number of likely N-dealkylation sites (tertiary alicyclic amines) is 1. The van der Waals surface area contributed by atoms with Gasteiger partial charge in [0.05, 0.1) is 6.34 Å². The highest BCUT2D eigenvalue weighted by molar-refractivity contribution is 5.53. The van der Waals surface area contributed by atoms with E-state index in [0.29, 0.717) is 0 Å². The van der Waals surface area contributed by atoms with Gasteiger partial charge in [-0.1, -0.05) is 6.42 Å². The van der Waals surface area contributed by atoms with Crippen molar-refractivity contribution >= 4 is 6.34 Å². The van der Waals surface area contributed by atoms with E-state index in [1.54, 1.807) is 0 Å². The van der Waals surface area contributed by atoms with Crippen LogP contribution in [0.4, 0.5) is 4.39 Å². The van der Waals surface area contributed by atoms with E-state index in [9.17, 15) is 4.39 Å². The molecule has 5 heteroatoms. The zero-order valence-electron chi connectivity index (χ0n) is 12.6. The molecule has 1 saturated heterocycles. The molecule has 2 rings (SSSR count). The van der Waals surface area contributed by atoms with Gasteiger partial charge in [-0.25, -0.2) is 4.39 Å². The van der Waals surface area contributed by atoms with Gasteiger partial charge in [0, 0.05) is 18.3 Å². The molecule has 1 aliphatic heterocycles. The van der Waals surface area contributed by atoms with Crippen molar-refractivity contribution in [1.82, 2.24) is 9.47 Å². The average molecular weight is 280 g/mol. The third-order valence-electron chi connectivity index (χ3n) is 3.60. The highest BCUT2D eigenvalue weighted by atomic mass is 19.1. The summed E-state index contributed by atoms with van der Waals surface area (Å²) in [6.07, 6.45) is 6.20. The third-order valence-corrected chi connectivity index (χ3v) is 3.60. The van der Waals surface area contributed by atoms with Gasteiger partial charge in [0.15, 0.2) is 0 Å². The zero-order chi connectivity index (χ0) is 15.1. The lowest BCUT2D eigenvalue weighted by Gasteiger charge is -2.36. The molecule has 1 aliphatic rings. The predicted molar refractivity (Wildman–Crippen MR) is 79.6 cm³/mol. The van der Waals surface area contributed by atoms with Gasteiger partial charge >= 0.3 is 0 Å². The van der Waals surface area contributed by atoms with Crippen LogP contribution in [0.3, 0.4) is 0 Å². The number of hydrogen-bond acceptors (Lipinski definition) is 3. The molecule has 0 aromatic carbocycles. The van der Waals surface area contributed by atoms with Gasteiger partial charge in [-0.05, 0) is 52.3 Å². The van der Waals surface area contributed by atoms with E-state index >= 15 is 0 Å². The quantitative estimate of drug-likeness (QED) is 0.635. The summed E-state index contributed by atoms with van der Waals surface area (Å²) in [6.45, 7) is 8.25. The smallest absolute Gasteiger partial charge is 0.139 e. The highest BCUT2D eigenvalue weighted by Crippen LogP contribution is 2.18. The second-order valence-electron chi connectivity index (χ2n) is 5.45. The van der Waals surface area contributed by atoms with Crippen LogP contribution in [0.1, 0.15) is 40.0 Å². The first kappa shape index (κ1) is 16.6. The van der Waals surface area contributed by atoms with Gasteiger partial charge in [0.1, 0.15) is 11.3 Å². The van der Waals surface area contributed by atoms with E-state index in [0.717, 1.165) is 29.2 Å². The van der Waals surface area contributed by atoms with Gasteiger partial charge in [0.2, 0.25) is 0 Å². The molecule has 20 heavy (non-hydrogen) atoms. The zero-order valence-corrected chi connectivity index (χ0v) is 12.6. The maximum absolute atomic E-state index is 12.3. The summed E-state index contributed by atoms with van der Waals surface area (Å²) in [5.74, 6) is -0.445. The number of rotatable bonds is 2. The molecule has 0 bridgehead atoms. The van der Waals surface area contributed by atoms with Crippen LogP contribution >= 0.6 is 0 Å². The Morgan fingerprint density at radius 3 is 2.50 bits per heavy atom. The molecule has 1 fully saturated rings. The van der Waals surface area contributed by atoms with Gasteiger partial charge in [-0.2, -0.15) is 0 Å². The fourth-order valence-electron chi connectivity index (χ4n) is 2.48. The van der Waals surface area contributed by atoms with Crippen molar-refractivity contribution in [3.8, 4) is 0 Å². The van der Waals surface area contributed by atoms with Crippen molar-refractivity contribution in [1.29, 1.82) is 10.8 Å². The molecule has 112 valence electrons. The number of pyridine rings is 1. The fraction of sp³-hybridized carbons (Fsp3) is 0.600. The van der Waals surface area contributed by atoms with Crippen LogP contribution < -0.4 is 5.49 Å². The highest BCUT2D eigenvalue weighted by Gasteiger charge is 2.19. The standard InChI is InChI=1S/C9H19N.C6H6FN3/c1-8(2)10-7-5-4-6-9(10)3;7-5-1-2-6(9)10(3-5)4-8/h8-9H,4-7H2,1-3H3;1-4,8-9H/t9-;/m1./s1. The Hall–Kier alpha value is -1.49. The Morgan fingerprint density at radius 1 is 1.35 bits per heavy atom.